The fourth-order valence-electron chi connectivity index (χ4n) is 9.82. The van der Waals surface area contributed by atoms with Crippen LogP contribution in [0.15, 0.2) is 24.3 Å². The summed E-state index contributed by atoms with van der Waals surface area (Å²) in [7, 11) is -1.99. The van der Waals surface area contributed by atoms with Gasteiger partial charge in [0.25, 0.3) is 0 Å². The highest BCUT2D eigenvalue weighted by Gasteiger charge is 2.41. The van der Waals surface area contributed by atoms with Gasteiger partial charge in [-0.2, -0.15) is 0 Å². The molecule has 0 spiro atoms. The van der Waals surface area contributed by atoms with Gasteiger partial charge in [-0.25, -0.2) is 0 Å². The fourth-order valence-corrected chi connectivity index (χ4v) is 15.0. The summed E-state index contributed by atoms with van der Waals surface area (Å²) < 4.78 is 19.7. The molecular weight excluding hydrogens is 821 g/mol. The second kappa shape index (κ2) is 36.7. The molecule has 0 aliphatic carbocycles. The maximum Gasteiger partial charge on any atom is 0.150 e. The van der Waals surface area contributed by atoms with Crippen LogP contribution in [-0.4, -0.2) is 27.9 Å². The number of unbranched alkanes of at least 4 members (excludes halogenated alkanes) is 25. The van der Waals surface area contributed by atoms with Crippen molar-refractivity contribution in [2.75, 3.05) is 19.8 Å². The quantitative estimate of drug-likeness (QED) is 0.0384. The Hall–Kier alpha value is -3.26. The van der Waals surface area contributed by atoms with Crippen molar-refractivity contribution in [3.63, 3.8) is 0 Å². The Kier molecular flexibility index (Phi) is 32.8. The van der Waals surface area contributed by atoms with Gasteiger partial charge in [-0.15, -0.1) is 12.0 Å². The van der Waals surface area contributed by atoms with Gasteiger partial charge in [-0.1, -0.05) is 247 Å². The molecule has 0 atom stereocenters. The van der Waals surface area contributed by atoms with Crippen LogP contribution in [0, 0.1) is 42.6 Å². The molecule has 0 aromatic heterocycles. The average Bonchev–Trinajstić information content (AvgIpc) is 3.29. The maximum absolute atomic E-state index is 6.61. The molecule has 0 saturated heterocycles. The van der Waals surface area contributed by atoms with E-state index in [1.165, 1.54) is 148 Å². The predicted molar refractivity (Wildman–Crippen MR) is 292 cm³/mol. The van der Waals surface area contributed by atoms with E-state index in [0.29, 0.717) is 42.2 Å². The third-order valence-electron chi connectivity index (χ3n) is 13.8. The summed E-state index contributed by atoms with van der Waals surface area (Å²) in [6, 6.07) is 8.33. The van der Waals surface area contributed by atoms with Gasteiger partial charge in [0, 0.05) is 12.1 Å². The zero-order chi connectivity index (χ0) is 48.3. The maximum atomic E-state index is 6.61. The molecule has 0 aliphatic heterocycles. The first-order chi connectivity index (χ1) is 32.0. The van der Waals surface area contributed by atoms with Crippen LogP contribution in [0.25, 0.3) is 0 Å². The van der Waals surface area contributed by atoms with E-state index >= 15 is 0 Å². The Morgan fingerprint density at radius 2 is 0.727 bits per heavy atom. The van der Waals surface area contributed by atoms with Crippen molar-refractivity contribution in [3.05, 3.63) is 52.1 Å². The van der Waals surface area contributed by atoms with Gasteiger partial charge < -0.3 is 14.2 Å². The van der Waals surface area contributed by atoms with Gasteiger partial charge in [0.05, 0.1) is 42.1 Å². The SMILES string of the molecule is C#Cc1cc(C)cc(C#Cc2cc(OCCCCCC)c(C#C[Si](C(C)C)(C(C)C)C(C)C)cc2OCCCCCC)c1OCCCCCCCCCCCCCCCCCCCCCC. The molecule has 0 fully saturated rings. The largest absolute Gasteiger partial charge is 0.492 e. The molecule has 0 bridgehead atoms. The van der Waals surface area contributed by atoms with E-state index in [2.05, 4.69) is 117 Å². The zero-order valence-corrected chi connectivity index (χ0v) is 45.8. The van der Waals surface area contributed by atoms with Crippen LogP contribution in [0.1, 0.15) is 270 Å². The summed E-state index contributed by atoms with van der Waals surface area (Å²) in [6.07, 6.45) is 42.6. The molecule has 0 unspecified atom stereocenters. The molecule has 2 aromatic carbocycles. The average molecular weight is 922 g/mol. The number of benzene rings is 2. The minimum Gasteiger partial charge on any atom is -0.492 e. The Bertz CT molecular complexity index is 1720. The van der Waals surface area contributed by atoms with Gasteiger partial charge in [0.15, 0.2) is 5.75 Å². The molecule has 0 N–H and O–H groups in total. The number of terminal acetylenes is 1. The number of rotatable bonds is 37. The lowest BCUT2D eigenvalue weighted by Crippen LogP contribution is -2.43. The Morgan fingerprint density at radius 1 is 0.409 bits per heavy atom. The van der Waals surface area contributed by atoms with Gasteiger partial charge in [0.2, 0.25) is 0 Å². The van der Waals surface area contributed by atoms with E-state index in [1.54, 1.807) is 0 Å². The molecule has 0 heterocycles. The van der Waals surface area contributed by atoms with E-state index in [1.807, 2.05) is 6.07 Å². The molecular formula is C62H100O3Si. The highest BCUT2D eigenvalue weighted by atomic mass is 28.3. The molecule has 0 amide bonds. The van der Waals surface area contributed by atoms with E-state index < -0.39 is 8.07 Å². The number of hydrogen-bond acceptors (Lipinski definition) is 3. The first-order valence-corrected chi connectivity index (χ1v) is 30.0. The lowest BCUT2D eigenvalue weighted by Gasteiger charge is -2.38. The third kappa shape index (κ3) is 23.2. The molecule has 0 saturated carbocycles. The van der Waals surface area contributed by atoms with Crippen LogP contribution in [-0.2, 0) is 0 Å². The van der Waals surface area contributed by atoms with Crippen LogP contribution in [0.2, 0.25) is 16.6 Å². The minimum atomic E-state index is -1.99. The number of aryl methyl sites for hydroxylation is 1. The van der Waals surface area contributed by atoms with E-state index in [-0.39, 0.29) is 0 Å². The summed E-state index contributed by atoms with van der Waals surface area (Å²) >= 11 is 0. The molecule has 2 rings (SSSR count). The van der Waals surface area contributed by atoms with Crippen LogP contribution in [0.4, 0.5) is 0 Å². The van der Waals surface area contributed by atoms with E-state index in [4.69, 9.17) is 20.6 Å². The predicted octanol–water partition coefficient (Wildman–Crippen LogP) is 19.1. The highest BCUT2D eigenvalue weighted by Crippen LogP contribution is 2.41. The third-order valence-corrected chi connectivity index (χ3v) is 20.1. The second-order valence-corrected chi connectivity index (χ2v) is 26.0. The summed E-state index contributed by atoms with van der Waals surface area (Å²) in [6.45, 7) is 25.0. The Balaban J connectivity index is 2.15. The standard InChI is InChI=1S/C62H100O3Si/c1-12-16-19-22-23-24-25-26-27-28-29-30-31-32-33-34-35-36-37-40-46-65-62-56(15-4)48-55(11)49-59(62)42-41-57-50-61(64-45-39-21-18-14-3)58(51-60(57)63-44-38-20-17-13-2)43-47-66(52(5)6,53(7)8)54(9)10/h4,48-54H,12-14,16-40,44-46H2,1-3,5-11H3. The first-order valence-electron chi connectivity index (χ1n) is 27.8. The van der Waals surface area contributed by atoms with Crippen molar-refractivity contribution in [1.29, 1.82) is 0 Å². The van der Waals surface area contributed by atoms with Crippen LogP contribution >= 0.6 is 0 Å². The van der Waals surface area contributed by atoms with Crippen molar-refractivity contribution in [2.45, 2.75) is 266 Å². The molecule has 0 aliphatic rings. The van der Waals surface area contributed by atoms with E-state index in [9.17, 15) is 0 Å². The summed E-state index contributed by atoms with van der Waals surface area (Å²) in [5.74, 6) is 15.9. The molecule has 66 heavy (non-hydrogen) atoms. The van der Waals surface area contributed by atoms with Crippen molar-refractivity contribution in [3.8, 4) is 52.9 Å². The lowest BCUT2D eigenvalue weighted by atomic mass is 10.0. The van der Waals surface area contributed by atoms with Crippen molar-refractivity contribution >= 4 is 8.07 Å². The van der Waals surface area contributed by atoms with Crippen molar-refractivity contribution < 1.29 is 14.2 Å². The summed E-state index contributed by atoms with van der Waals surface area (Å²) in [5, 5.41) is 0. The molecule has 370 valence electrons. The van der Waals surface area contributed by atoms with Crippen LogP contribution in [0.3, 0.4) is 0 Å². The summed E-state index contributed by atoms with van der Waals surface area (Å²) in [4.78, 5) is 0. The van der Waals surface area contributed by atoms with Crippen molar-refractivity contribution in [1.82, 2.24) is 0 Å². The van der Waals surface area contributed by atoms with Crippen molar-refractivity contribution in [2.24, 2.45) is 0 Å². The number of ether oxygens (including phenoxy) is 3. The van der Waals surface area contributed by atoms with Gasteiger partial charge in [0.1, 0.15) is 19.6 Å². The molecule has 2 aromatic rings. The fraction of sp³-hybridized carbons (Fsp3) is 0.710. The summed E-state index contributed by atoms with van der Waals surface area (Å²) in [5.41, 5.74) is 9.93. The monoisotopic (exact) mass is 921 g/mol. The van der Waals surface area contributed by atoms with Gasteiger partial charge >= 0.3 is 0 Å². The van der Waals surface area contributed by atoms with Gasteiger partial charge in [-0.3, -0.25) is 0 Å². The minimum absolute atomic E-state index is 0.537. The lowest BCUT2D eigenvalue weighted by molar-refractivity contribution is 0.295. The Labute approximate surface area is 410 Å². The zero-order valence-electron chi connectivity index (χ0n) is 44.8. The van der Waals surface area contributed by atoms with Crippen LogP contribution < -0.4 is 14.2 Å². The number of hydrogen-bond donors (Lipinski definition) is 0. The second-order valence-electron chi connectivity index (χ2n) is 20.5. The highest BCUT2D eigenvalue weighted by molar-refractivity contribution is 6.90. The van der Waals surface area contributed by atoms with Gasteiger partial charge in [-0.05, 0) is 60.5 Å². The molecule has 4 heteroatoms. The smallest absolute Gasteiger partial charge is 0.150 e. The molecule has 0 radical (unpaired) electrons. The topological polar surface area (TPSA) is 27.7 Å². The molecule has 3 nitrogen and oxygen atoms in total. The van der Waals surface area contributed by atoms with Crippen LogP contribution in [0.5, 0.6) is 17.2 Å². The normalized spacial score (nSPS) is 11.4. The van der Waals surface area contributed by atoms with E-state index in [0.717, 1.165) is 71.4 Å². The Morgan fingerprint density at radius 3 is 1.11 bits per heavy atom. The first kappa shape index (κ1) is 58.9.